The molecule has 108 valence electrons. The Morgan fingerprint density at radius 2 is 2.00 bits per heavy atom. The molecule has 0 atom stereocenters. The Balaban J connectivity index is 2.30. The van der Waals surface area contributed by atoms with Gasteiger partial charge in [0.05, 0.1) is 11.9 Å². The van der Waals surface area contributed by atoms with E-state index in [0.717, 1.165) is 11.8 Å². The van der Waals surface area contributed by atoms with Gasteiger partial charge in [0.15, 0.2) is 5.82 Å². The van der Waals surface area contributed by atoms with Gasteiger partial charge in [0, 0.05) is 11.8 Å². The van der Waals surface area contributed by atoms with Gasteiger partial charge in [-0.05, 0) is 24.5 Å². The first kappa shape index (κ1) is 13.5. The van der Waals surface area contributed by atoms with Crippen LogP contribution in [0.4, 0.5) is 4.39 Å². The second kappa shape index (κ2) is 4.80. The lowest BCUT2D eigenvalue weighted by Crippen LogP contribution is -2.16. The Bertz CT molecular complexity index is 879. The maximum absolute atomic E-state index is 14.0. The van der Waals surface area contributed by atoms with Crippen molar-refractivity contribution in [3.63, 3.8) is 0 Å². The highest BCUT2D eigenvalue weighted by atomic mass is 19.1. The fourth-order valence-electron chi connectivity index (χ4n) is 2.37. The van der Waals surface area contributed by atoms with Gasteiger partial charge >= 0.3 is 0 Å². The number of aryl methyl sites for hydroxylation is 1. The van der Waals surface area contributed by atoms with E-state index in [1.807, 2.05) is 26.8 Å². The molecule has 3 heterocycles. The van der Waals surface area contributed by atoms with Crippen molar-refractivity contribution in [3.05, 3.63) is 52.0 Å². The Labute approximate surface area is 120 Å². The molecule has 0 saturated heterocycles. The van der Waals surface area contributed by atoms with Crippen LogP contribution in [0.5, 0.6) is 0 Å². The van der Waals surface area contributed by atoms with E-state index < -0.39 is 5.95 Å². The van der Waals surface area contributed by atoms with Crippen molar-refractivity contribution < 1.29 is 4.39 Å². The van der Waals surface area contributed by atoms with Crippen molar-refractivity contribution >= 4 is 5.65 Å². The van der Waals surface area contributed by atoms with E-state index in [9.17, 15) is 9.18 Å². The minimum Gasteiger partial charge on any atom is -0.305 e. The van der Waals surface area contributed by atoms with Gasteiger partial charge in [-0.2, -0.15) is 4.39 Å². The number of aromatic nitrogens is 4. The quantitative estimate of drug-likeness (QED) is 0.787. The average Bonchev–Trinajstić information content (AvgIpc) is 2.80. The molecule has 6 heteroatoms. The Hall–Kier alpha value is -2.50. The third-order valence-corrected chi connectivity index (χ3v) is 3.50. The molecule has 0 aromatic carbocycles. The van der Waals surface area contributed by atoms with Gasteiger partial charge in [0.1, 0.15) is 5.65 Å². The summed E-state index contributed by atoms with van der Waals surface area (Å²) < 4.78 is 15.3. The molecule has 0 fully saturated rings. The third-order valence-electron chi connectivity index (χ3n) is 3.50. The van der Waals surface area contributed by atoms with Crippen molar-refractivity contribution in [2.45, 2.75) is 26.7 Å². The second-order valence-electron chi connectivity index (χ2n) is 5.31. The molecule has 0 unspecified atom stereocenters. The maximum Gasteiger partial charge on any atom is 0.254 e. The fourth-order valence-corrected chi connectivity index (χ4v) is 2.37. The number of pyridine rings is 1. The van der Waals surface area contributed by atoms with Crippen molar-refractivity contribution in [1.29, 1.82) is 0 Å². The molecular weight excluding hydrogens is 271 g/mol. The molecule has 3 aromatic heterocycles. The number of halogens is 1. The number of hydrogen-bond donors (Lipinski definition) is 1. The monoisotopic (exact) mass is 286 g/mol. The van der Waals surface area contributed by atoms with Crippen molar-refractivity contribution in [1.82, 2.24) is 19.4 Å². The second-order valence-corrected chi connectivity index (χ2v) is 5.31. The highest BCUT2D eigenvalue weighted by Gasteiger charge is 2.15. The lowest BCUT2D eigenvalue weighted by molar-refractivity contribution is 0.573. The summed E-state index contributed by atoms with van der Waals surface area (Å²) in [4.78, 5) is 23.1. The predicted octanol–water partition coefficient (Wildman–Crippen LogP) is 2.66. The number of nitrogens with one attached hydrogen (secondary N) is 1. The zero-order valence-electron chi connectivity index (χ0n) is 12.0. The number of H-pyrrole nitrogens is 1. The zero-order chi connectivity index (χ0) is 15.1. The van der Waals surface area contributed by atoms with Crippen LogP contribution in [0.1, 0.15) is 30.9 Å². The summed E-state index contributed by atoms with van der Waals surface area (Å²) in [6, 6.07) is 3.55. The van der Waals surface area contributed by atoms with Crippen LogP contribution in [0.15, 0.2) is 29.3 Å². The van der Waals surface area contributed by atoms with Crippen LogP contribution in [0.2, 0.25) is 0 Å². The van der Waals surface area contributed by atoms with Crippen molar-refractivity contribution in [2.24, 2.45) is 0 Å². The van der Waals surface area contributed by atoms with E-state index >= 15 is 0 Å². The van der Waals surface area contributed by atoms with Crippen LogP contribution >= 0.6 is 0 Å². The van der Waals surface area contributed by atoms with Crippen LogP contribution in [0, 0.1) is 12.9 Å². The van der Waals surface area contributed by atoms with Crippen LogP contribution in [-0.4, -0.2) is 19.4 Å². The molecule has 0 amide bonds. The maximum atomic E-state index is 14.0. The zero-order valence-corrected chi connectivity index (χ0v) is 12.0. The SMILES string of the molecule is Cc1ccc2ncc(F)n2c1-c1ncc(C(C)C)c(=O)[nH]1. The number of imidazole rings is 1. The summed E-state index contributed by atoms with van der Waals surface area (Å²) >= 11 is 0. The topological polar surface area (TPSA) is 63.1 Å². The molecule has 0 aliphatic rings. The number of fused-ring (bicyclic) bond motifs is 1. The standard InChI is InChI=1S/C15H15FN4O/c1-8(2)10-6-18-14(19-15(10)21)13-9(3)4-5-12-17-7-11(16)20(12)13/h4-8H,1-3H3,(H,18,19,21). The highest BCUT2D eigenvalue weighted by molar-refractivity contribution is 5.61. The molecule has 0 spiro atoms. The lowest BCUT2D eigenvalue weighted by atomic mass is 10.1. The molecule has 0 saturated carbocycles. The van der Waals surface area contributed by atoms with Gasteiger partial charge in [0.2, 0.25) is 5.95 Å². The minimum absolute atomic E-state index is 0.0807. The molecular formula is C15H15FN4O. The molecule has 3 aromatic rings. The first-order chi connectivity index (χ1) is 9.99. The molecule has 0 radical (unpaired) electrons. The van der Waals surface area contributed by atoms with Crippen molar-refractivity contribution in [3.8, 4) is 11.5 Å². The number of rotatable bonds is 2. The average molecular weight is 286 g/mol. The summed E-state index contributed by atoms with van der Waals surface area (Å²) in [6.07, 6.45) is 2.70. The molecule has 21 heavy (non-hydrogen) atoms. The van der Waals surface area contributed by atoms with E-state index in [-0.39, 0.29) is 11.5 Å². The molecule has 5 nitrogen and oxygen atoms in total. The van der Waals surface area contributed by atoms with Gasteiger partial charge in [-0.1, -0.05) is 19.9 Å². The molecule has 0 bridgehead atoms. The molecule has 1 N–H and O–H groups in total. The normalized spacial score (nSPS) is 11.5. The van der Waals surface area contributed by atoms with E-state index in [0.29, 0.717) is 22.7 Å². The summed E-state index contributed by atoms with van der Waals surface area (Å²) in [5.41, 5.74) is 2.19. The summed E-state index contributed by atoms with van der Waals surface area (Å²) in [5.74, 6) is -0.0687. The van der Waals surface area contributed by atoms with Gasteiger partial charge in [0.25, 0.3) is 5.56 Å². The largest absolute Gasteiger partial charge is 0.305 e. The van der Waals surface area contributed by atoms with Gasteiger partial charge in [-0.3, -0.25) is 9.20 Å². The molecule has 0 aliphatic carbocycles. The lowest BCUT2D eigenvalue weighted by Gasteiger charge is -2.10. The Morgan fingerprint density at radius 3 is 2.67 bits per heavy atom. The van der Waals surface area contributed by atoms with Gasteiger partial charge < -0.3 is 4.98 Å². The highest BCUT2D eigenvalue weighted by Crippen LogP contribution is 2.22. The van der Waals surface area contributed by atoms with E-state index in [2.05, 4.69) is 15.0 Å². The first-order valence-corrected chi connectivity index (χ1v) is 6.71. The van der Waals surface area contributed by atoms with E-state index in [1.165, 1.54) is 4.40 Å². The van der Waals surface area contributed by atoms with Crippen LogP contribution in [-0.2, 0) is 0 Å². The van der Waals surface area contributed by atoms with Crippen LogP contribution in [0.3, 0.4) is 0 Å². The summed E-state index contributed by atoms with van der Waals surface area (Å²) in [7, 11) is 0. The van der Waals surface area contributed by atoms with Gasteiger partial charge in [-0.15, -0.1) is 0 Å². The number of nitrogens with zero attached hydrogens (tertiary/aromatic N) is 3. The van der Waals surface area contributed by atoms with Crippen molar-refractivity contribution in [2.75, 3.05) is 0 Å². The molecule has 0 aliphatic heterocycles. The summed E-state index contributed by atoms with van der Waals surface area (Å²) in [5, 5.41) is 0. The minimum atomic E-state index is -0.487. The first-order valence-electron chi connectivity index (χ1n) is 6.71. The summed E-state index contributed by atoms with van der Waals surface area (Å²) in [6.45, 7) is 5.69. The Morgan fingerprint density at radius 1 is 1.24 bits per heavy atom. The number of aromatic amines is 1. The van der Waals surface area contributed by atoms with E-state index in [1.54, 1.807) is 12.3 Å². The van der Waals surface area contributed by atoms with Crippen LogP contribution in [0.25, 0.3) is 17.2 Å². The van der Waals surface area contributed by atoms with Crippen LogP contribution < -0.4 is 5.56 Å². The predicted molar refractivity (Wildman–Crippen MR) is 77.8 cm³/mol. The van der Waals surface area contributed by atoms with Gasteiger partial charge in [-0.25, -0.2) is 9.97 Å². The fraction of sp³-hybridized carbons (Fsp3) is 0.267. The molecule has 3 rings (SSSR count). The number of hydrogen-bond acceptors (Lipinski definition) is 3. The van der Waals surface area contributed by atoms with E-state index in [4.69, 9.17) is 0 Å². The Kier molecular flexibility index (Phi) is 3.08. The smallest absolute Gasteiger partial charge is 0.254 e. The third kappa shape index (κ3) is 2.12.